The Morgan fingerprint density at radius 1 is 1.16 bits per heavy atom. The summed E-state index contributed by atoms with van der Waals surface area (Å²) in [6.45, 7) is 3.87. The van der Waals surface area contributed by atoms with Gasteiger partial charge in [-0.15, -0.1) is 5.10 Å². The average Bonchev–Trinajstić information content (AvgIpc) is 3.60. The fourth-order valence-corrected chi connectivity index (χ4v) is 4.69. The highest BCUT2D eigenvalue weighted by atomic mass is 35.5. The average molecular weight is 457 g/mol. The van der Waals surface area contributed by atoms with Gasteiger partial charge < -0.3 is 14.1 Å². The second-order valence-electron chi connectivity index (χ2n) is 8.08. The fourth-order valence-electron chi connectivity index (χ4n) is 4.45. The number of furan rings is 1. The summed E-state index contributed by atoms with van der Waals surface area (Å²) in [5.74, 6) is 1.01. The van der Waals surface area contributed by atoms with Gasteiger partial charge in [0.05, 0.1) is 25.0 Å². The second kappa shape index (κ2) is 9.40. The number of piperazine rings is 1. The quantitative estimate of drug-likeness (QED) is 0.563. The normalized spacial score (nSPS) is 20.5. The topological polar surface area (TPSA) is 89.5 Å². The number of hydrogen-bond acceptors (Lipinski definition) is 7. The van der Waals surface area contributed by atoms with Crippen LogP contribution in [0.1, 0.15) is 40.8 Å². The molecule has 9 nitrogen and oxygen atoms in total. The lowest BCUT2D eigenvalue weighted by atomic mass is 10.0. The first-order chi connectivity index (χ1) is 15.7. The summed E-state index contributed by atoms with van der Waals surface area (Å²) < 4.78 is 12.9. The zero-order valence-electron chi connectivity index (χ0n) is 17.6. The van der Waals surface area contributed by atoms with Gasteiger partial charge in [-0.25, -0.2) is 4.68 Å². The molecule has 0 radical (unpaired) electrons. The molecule has 4 heterocycles. The summed E-state index contributed by atoms with van der Waals surface area (Å²) in [4.78, 5) is 16.8. The summed E-state index contributed by atoms with van der Waals surface area (Å²) in [6, 6.07) is 11.0. The Bertz CT molecular complexity index is 1040. The van der Waals surface area contributed by atoms with E-state index in [1.165, 1.54) is 6.26 Å². The molecule has 32 heavy (non-hydrogen) atoms. The predicted octanol–water partition coefficient (Wildman–Crippen LogP) is 2.65. The molecule has 3 aromatic rings. The smallest absolute Gasteiger partial charge is 0.289 e. The minimum atomic E-state index is -0.221. The SMILES string of the molecule is O=C(c1ccco1)N1CCN([C@H](c2ccccc2Cl)c2nnnn2C[C@H]2CCCO2)CC1. The Morgan fingerprint density at radius 2 is 2.00 bits per heavy atom. The van der Waals surface area contributed by atoms with E-state index < -0.39 is 0 Å². The van der Waals surface area contributed by atoms with E-state index in [0.717, 1.165) is 30.8 Å². The molecule has 0 bridgehead atoms. The van der Waals surface area contributed by atoms with Gasteiger partial charge in [-0.1, -0.05) is 29.8 Å². The van der Waals surface area contributed by atoms with Crippen LogP contribution in [0.5, 0.6) is 0 Å². The van der Waals surface area contributed by atoms with E-state index >= 15 is 0 Å². The summed E-state index contributed by atoms with van der Waals surface area (Å²) in [5, 5.41) is 13.3. The molecular weight excluding hydrogens is 432 g/mol. The minimum Gasteiger partial charge on any atom is -0.459 e. The van der Waals surface area contributed by atoms with Crippen molar-refractivity contribution >= 4 is 17.5 Å². The van der Waals surface area contributed by atoms with Gasteiger partial charge in [0.2, 0.25) is 0 Å². The first kappa shape index (κ1) is 21.1. The molecule has 2 aromatic heterocycles. The molecule has 0 aliphatic carbocycles. The van der Waals surface area contributed by atoms with Gasteiger partial charge in [-0.2, -0.15) is 0 Å². The highest BCUT2D eigenvalue weighted by molar-refractivity contribution is 6.31. The van der Waals surface area contributed by atoms with Gasteiger partial charge in [0.1, 0.15) is 0 Å². The molecule has 2 saturated heterocycles. The van der Waals surface area contributed by atoms with Crippen LogP contribution in [0.25, 0.3) is 0 Å². The highest BCUT2D eigenvalue weighted by Crippen LogP contribution is 2.33. The van der Waals surface area contributed by atoms with Crippen molar-refractivity contribution in [2.24, 2.45) is 0 Å². The van der Waals surface area contributed by atoms with Crippen LogP contribution >= 0.6 is 11.6 Å². The monoisotopic (exact) mass is 456 g/mol. The number of carbonyl (C=O) groups excluding carboxylic acids is 1. The Morgan fingerprint density at radius 3 is 2.72 bits per heavy atom. The van der Waals surface area contributed by atoms with Crippen LogP contribution in [-0.4, -0.2) is 74.8 Å². The van der Waals surface area contributed by atoms with Crippen molar-refractivity contribution in [3.63, 3.8) is 0 Å². The summed E-state index contributed by atoms with van der Waals surface area (Å²) in [7, 11) is 0. The van der Waals surface area contributed by atoms with Crippen LogP contribution in [0.15, 0.2) is 47.1 Å². The molecule has 168 valence electrons. The standard InChI is InChI=1S/C22H25ClN6O3/c23-18-7-2-1-6-17(18)20(21-24-25-26-29(21)15-16-5-3-13-31-16)27-9-11-28(12-10-27)22(30)19-8-4-14-32-19/h1-2,4,6-8,14,16,20H,3,5,9-13,15H2/t16-,20-/m1/s1. The summed E-state index contributed by atoms with van der Waals surface area (Å²) in [6.07, 6.45) is 3.70. The van der Waals surface area contributed by atoms with Crippen LogP contribution in [0, 0.1) is 0 Å². The van der Waals surface area contributed by atoms with Crippen molar-refractivity contribution in [1.82, 2.24) is 30.0 Å². The molecule has 2 fully saturated rings. The number of amides is 1. The maximum Gasteiger partial charge on any atom is 0.289 e. The third-order valence-corrected chi connectivity index (χ3v) is 6.45. The van der Waals surface area contributed by atoms with Gasteiger partial charge in [-0.05, 0) is 47.0 Å². The molecular formula is C22H25ClN6O3. The molecule has 0 spiro atoms. The number of aromatic nitrogens is 4. The van der Waals surface area contributed by atoms with Crippen molar-refractivity contribution < 1.29 is 13.9 Å². The molecule has 2 aliphatic heterocycles. The van der Waals surface area contributed by atoms with Crippen molar-refractivity contribution in [2.45, 2.75) is 31.5 Å². The van der Waals surface area contributed by atoms with E-state index in [9.17, 15) is 4.79 Å². The molecule has 2 atom stereocenters. The van der Waals surface area contributed by atoms with Crippen LogP contribution in [0.3, 0.4) is 0 Å². The maximum atomic E-state index is 12.7. The van der Waals surface area contributed by atoms with E-state index in [0.29, 0.717) is 43.5 Å². The third kappa shape index (κ3) is 4.28. The number of tetrazole rings is 1. The number of ether oxygens (including phenoxy) is 1. The Labute approximate surface area is 190 Å². The Hall–Kier alpha value is -2.75. The second-order valence-corrected chi connectivity index (χ2v) is 8.49. The van der Waals surface area contributed by atoms with Crippen molar-refractivity contribution in [2.75, 3.05) is 32.8 Å². The van der Waals surface area contributed by atoms with Gasteiger partial charge in [0.25, 0.3) is 5.91 Å². The number of hydrogen-bond donors (Lipinski definition) is 0. The van der Waals surface area contributed by atoms with E-state index in [1.807, 2.05) is 33.8 Å². The molecule has 5 rings (SSSR count). The zero-order chi connectivity index (χ0) is 21.9. The first-order valence-electron chi connectivity index (χ1n) is 10.9. The number of rotatable bonds is 6. The van der Waals surface area contributed by atoms with Crippen molar-refractivity contribution in [3.8, 4) is 0 Å². The largest absolute Gasteiger partial charge is 0.459 e. The minimum absolute atomic E-state index is 0.0906. The van der Waals surface area contributed by atoms with Crippen molar-refractivity contribution in [1.29, 1.82) is 0 Å². The highest BCUT2D eigenvalue weighted by Gasteiger charge is 2.34. The van der Waals surface area contributed by atoms with Gasteiger partial charge in [0.15, 0.2) is 11.6 Å². The lowest BCUT2D eigenvalue weighted by Gasteiger charge is -2.38. The summed E-state index contributed by atoms with van der Waals surface area (Å²) in [5.41, 5.74) is 0.948. The fraction of sp³-hybridized carbons (Fsp3) is 0.455. The molecule has 1 aromatic carbocycles. The molecule has 10 heteroatoms. The number of nitrogens with zero attached hydrogens (tertiary/aromatic N) is 6. The lowest BCUT2D eigenvalue weighted by molar-refractivity contribution is 0.0551. The molecule has 1 amide bonds. The van der Waals surface area contributed by atoms with Crippen LogP contribution < -0.4 is 0 Å². The van der Waals surface area contributed by atoms with E-state index in [4.69, 9.17) is 20.8 Å². The first-order valence-corrected chi connectivity index (χ1v) is 11.3. The van der Waals surface area contributed by atoms with E-state index in [2.05, 4.69) is 20.4 Å². The van der Waals surface area contributed by atoms with E-state index in [-0.39, 0.29) is 18.1 Å². The number of halogens is 1. The van der Waals surface area contributed by atoms with Crippen LogP contribution in [0.2, 0.25) is 5.02 Å². The predicted molar refractivity (Wildman–Crippen MR) is 116 cm³/mol. The van der Waals surface area contributed by atoms with Gasteiger partial charge in [0, 0.05) is 37.8 Å². The van der Waals surface area contributed by atoms with E-state index in [1.54, 1.807) is 12.1 Å². The number of benzene rings is 1. The third-order valence-electron chi connectivity index (χ3n) is 6.10. The van der Waals surface area contributed by atoms with Gasteiger partial charge in [-0.3, -0.25) is 9.69 Å². The molecule has 2 aliphatic rings. The Kier molecular flexibility index (Phi) is 6.20. The maximum absolute atomic E-state index is 12.7. The van der Waals surface area contributed by atoms with Crippen molar-refractivity contribution in [3.05, 3.63) is 64.8 Å². The van der Waals surface area contributed by atoms with Crippen LogP contribution in [0.4, 0.5) is 0 Å². The van der Waals surface area contributed by atoms with Crippen LogP contribution in [-0.2, 0) is 11.3 Å². The van der Waals surface area contributed by atoms with Gasteiger partial charge >= 0.3 is 0 Å². The number of carbonyl (C=O) groups is 1. The summed E-state index contributed by atoms with van der Waals surface area (Å²) >= 11 is 6.62. The Balaban J connectivity index is 1.39. The molecule has 0 N–H and O–H groups in total. The molecule has 0 saturated carbocycles. The molecule has 0 unspecified atom stereocenters. The zero-order valence-corrected chi connectivity index (χ0v) is 18.4. The lowest BCUT2D eigenvalue weighted by Crippen LogP contribution is -2.50.